The molecule has 2 bridgehead atoms. The second kappa shape index (κ2) is 9.65. The van der Waals surface area contributed by atoms with Crippen LogP contribution in [-0.4, -0.2) is 36.8 Å². The van der Waals surface area contributed by atoms with Crippen LogP contribution in [0.2, 0.25) is 0 Å². The summed E-state index contributed by atoms with van der Waals surface area (Å²) in [5.41, 5.74) is 7.73. The third-order valence-electron chi connectivity index (χ3n) is 8.42. The molecule has 0 aromatic heterocycles. The maximum absolute atomic E-state index is 12.8. The summed E-state index contributed by atoms with van der Waals surface area (Å²) in [6.07, 6.45) is 13.7. The van der Waals surface area contributed by atoms with Gasteiger partial charge in [-0.05, 0) is 98.3 Å². The normalized spacial score (nSPS) is 30.3. The van der Waals surface area contributed by atoms with E-state index in [4.69, 9.17) is 15.7 Å². The molecular weight excluding hydrogens is 414 g/mol. The van der Waals surface area contributed by atoms with E-state index in [0.717, 1.165) is 74.5 Å². The fourth-order valence-corrected chi connectivity index (χ4v) is 6.42. The number of benzene rings is 1. The van der Waals surface area contributed by atoms with E-state index < -0.39 is 0 Å². The van der Waals surface area contributed by atoms with Crippen molar-refractivity contribution in [1.82, 2.24) is 4.90 Å². The van der Waals surface area contributed by atoms with Gasteiger partial charge in [-0.1, -0.05) is 17.4 Å². The van der Waals surface area contributed by atoms with Gasteiger partial charge in [-0.15, -0.1) is 0 Å². The molecule has 7 heteroatoms. The van der Waals surface area contributed by atoms with Gasteiger partial charge in [-0.2, -0.15) is 5.53 Å². The molecule has 7 nitrogen and oxygen atoms in total. The molecule has 176 valence electrons. The highest BCUT2D eigenvalue weighted by Gasteiger charge is 2.44. The topological polar surface area (TPSA) is 92.8 Å². The molecule has 5 atom stereocenters. The predicted octanol–water partition coefficient (Wildman–Crippen LogP) is 5.29. The van der Waals surface area contributed by atoms with Crippen LogP contribution in [0.25, 0.3) is 0 Å². The van der Waals surface area contributed by atoms with Crippen molar-refractivity contribution in [2.45, 2.75) is 44.9 Å². The van der Waals surface area contributed by atoms with Crippen LogP contribution in [0.5, 0.6) is 5.75 Å². The summed E-state index contributed by atoms with van der Waals surface area (Å²) < 4.78 is 5.92. The van der Waals surface area contributed by atoms with Gasteiger partial charge in [0.25, 0.3) is 0 Å². The number of ether oxygens (including phenoxy) is 1. The van der Waals surface area contributed by atoms with Crippen LogP contribution in [0.3, 0.4) is 0 Å². The number of nitrogens with one attached hydrogen (secondary N) is 2. The van der Waals surface area contributed by atoms with Crippen LogP contribution in [0.15, 0.2) is 41.6 Å². The fraction of sp³-hybridized carbons (Fsp3) is 0.615. The van der Waals surface area contributed by atoms with Gasteiger partial charge >= 0.3 is 0 Å². The number of likely N-dealkylation sites (tertiary alicyclic amines) is 1. The minimum Gasteiger partial charge on any atom is -0.494 e. The third-order valence-corrected chi connectivity index (χ3v) is 8.42. The number of anilines is 1. The number of allylic oxidation sites excluding steroid dienone is 2. The lowest BCUT2D eigenvalue weighted by Gasteiger charge is -2.33. The first-order valence-electron chi connectivity index (χ1n) is 12.5. The van der Waals surface area contributed by atoms with Crippen LogP contribution >= 0.6 is 0 Å². The van der Waals surface area contributed by atoms with Gasteiger partial charge in [0.15, 0.2) is 0 Å². The highest BCUT2D eigenvalue weighted by molar-refractivity contribution is 5.77. The summed E-state index contributed by atoms with van der Waals surface area (Å²) in [6, 6.07) is 7.34. The van der Waals surface area contributed by atoms with Crippen molar-refractivity contribution in [3.63, 3.8) is 0 Å². The highest BCUT2D eigenvalue weighted by atomic mass is 16.5. The molecule has 1 saturated heterocycles. The largest absolute Gasteiger partial charge is 0.494 e. The average molecular weight is 450 g/mol. The first kappa shape index (κ1) is 22.1. The number of piperidine rings is 1. The quantitative estimate of drug-likeness (QED) is 0.167. The number of carbonyl (C=O) groups is 1. The van der Waals surface area contributed by atoms with Gasteiger partial charge in [0.2, 0.25) is 5.91 Å². The summed E-state index contributed by atoms with van der Waals surface area (Å²) in [4.78, 5) is 15.0. The Morgan fingerprint density at radius 1 is 1.12 bits per heavy atom. The van der Waals surface area contributed by atoms with Gasteiger partial charge in [-0.25, -0.2) is 5.01 Å². The van der Waals surface area contributed by atoms with E-state index >= 15 is 0 Å². The number of hydrogen-bond acceptors (Lipinski definition) is 5. The van der Waals surface area contributed by atoms with Gasteiger partial charge in [-0.3, -0.25) is 10.2 Å². The Bertz CT molecular complexity index is 884. The highest BCUT2D eigenvalue weighted by Crippen LogP contribution is 2.50. The molecule has 1 heterocycles. The molecule has 1 aromatic carbocycles. The number of amides is 1. The van der Waals surface area contributed by atoms with E-state index in [1.54, 1.807) is 12.1 Å². The van der Waals surface area contributed by atoms with Crippen molar-refractivity contribution in [3.05, 3.63) is 36.4 Å². The zero-order chi connectivity index (χ0) is 22.8. The molecule has 1 aliphatic heterocycles. The average Bonchev–Trinajstić information content (AvgIpc) is 3.30. The van der Waals surface area contributed by atoms with Gasteiger partial charge in [0, 0.05) is 19.5 Å². The van der Waals surface area contributed by atoms with Crippen molar-refractivity contribution in [2.24, 2.45) is 40.7 Å². The maximum atomic E-state index is 12.8. The maximum Gasteiger partial charge on any atom is 0.222 e. The van der Waals surface area contributed by atoms with Gasteiger partial charge < -0.3 is 9.64 Å². The van der Waals surface area contributed by atoms with E-state index in [-0.39, 0.29) is 0 Å². The molecular formula is C26H35N5O2. The Kier molecular flexibility index (Phi) is 6.47. The number of rotatable bonds is 10. The molecule has 1 amide bonds. The van der Waals surface area contributed by atoms with Crippen LogP contribution in [0.1, 0.15) is 44.9 Å². The van der Waals surface area contributed by atoms with E-state index in [9.17, 15) is 4.79 Å². The Balaban J connectivity index is 0.990. The number of nitrogens with zero attached hydrogens (tertiary/aromatic N) is 3. The Morgan fingerprint density at radius 2 is 1.91 bits per heavy atom. The summed E-state index contributed by atoms with van der Waals surface area (Å²) in [5, 5.41) is 11.7. The van der Waals surface area contributed by atoms with Crippen molar-refractivity contribution < 1.29 is 9.53 Å². The molecule has 3 aliphatic carbocycles. The summed E-state index contributed by atoms with van der Waals surface area (Å²) in [6.45, 7) is 2.61. The van der Waals surface area contributed by atoms with Gasteiger partial charge in [0.05, 0.1) is 12.3 Å². The Hall–Kier alpha value is -2.70. The van der Waals surface area contributed by atoms with Crippen molar-refractivity contribution >= 4 is 17.9 Å². The van der Waals surface area contributed by atoms with Crippen LogP contribution < -0.4 is 9.75 Å². The third kappa shape index (κ3) is 4.97. The number of hydrogen-bond donors (Lipinski definition) is 2. The molecule has 5 unspecified atom stereocenters. The predicted molar refractivity (Wildman–Crippen MR) is 127 cm³/mol. The smallest absolute Gasteiger partial charge is 0.222 e. The van der Waals surface area contributed by atoms with E-state index in [2.05, 4.69) is 22.3 Å². The van der Waals surface area contributed by atoms with E-state index in [1.807, 2.05) is 12.1 Å². The molecule has 0 spiro atoms. The van der Waals surface area contributed by atoms with Crippen LogP contribution in [-0.2, 0) is 4.79 Å². The Labute approximate surface area is 196 Å². The van der Waals surface area contributed by atoms with E-state index in [0.29, 0.717) is 30.0 Å². The van der Waals surface area contributed by atoms with Crippen molar-refractivity contribution in [2.75, 3.05) is 24.7 Å². The van der Waals surface area contributed by atoms with E-state index in [1.165, 1.54) is 24.3 Å². The zero-order valence-corrected chi connectivity index (χ0v) is 19.2. The van der Waals surface area contributed by atoms with Crippen LogP contribution in [0.4, 0.5) is 5.69 Å². The summed E-state index contributed by atoms with van der Waals surface area (Å²) in [7, 11) is 0. The molecule has 5 rings (SSSR count). The molecule has 4 aliphatic rings. The Morgan fingerprint density at radius 3 is 2.55 bits per heavy atom. The van der Waals surface area contributed by atoms with Crippen LogP contribution in [0, 0.1) is 46.4 Å². The second-order valence-electron chi connectivity index (χ2n) is 10.3. The van der Waals surface area contributed by atoms with Gasteiger partial charge in [0.1, 0.15) is 12.1 Å². The lowest BCUT2D eigenvalue weighted by Crippen LogP contribution is -2.40. The number of carbonyl (C=O) groups excluding carboxylic acids is 1. The molecule has 0 radical (unpaired) electrons. The minimum absolute atomic E-state index is 0.395. The standard InChI is InChI=1S/C26H35N5O2/c27-17-31(29-28)23-3-5-24(6-4-23)33-12-9-21-15-25(21)19-7-10-30(11-8-19)26(32)16-22-14-18-1-2-20(22)13-18/h1-6,17-22,25,27-28H,7-16H2. The number of fused-ring (bicyclic) bond motifs is 2. The lowest BCUT2D eigenvalue weighted by atomic mass is 9.88. The monoisotopic (exact) mass is 449 g/mol. The molecule has 1 aromatic rings. The first-order valence-corrected chi connectivity index (χ1v) is 12.5. The minimum atomic E-state index is 0.395. The summed E-state index contributed by atoms with van der Waals surface area (Å²) in [5.74, 6) is 5.54. The SMILES string of the molecule is N=CN(N=N)c1ccc(OCCC2CC2C2CCN(C(=O)CC3CC4C=CC3C4)CC2)cc1. The summed E-state index contributed by atoms with van der Waals surface area (Å²) >= 11 is 0. The molecule has 33 heavy (non-hydrogen) atoms. The molecule has 3 fully saturated rings. The second-order valence-corrected chi connectivity index (χ2v) is 10.3. The molecule has 2 N–H and O–H groups in total. The first-order chi connectivity index (χ1) is 16.1. The van der Waals surface area contributed by atoms with Crippen molar-refractivity contribution in [1.29, 1.82) is 10.9 Å². The van der Waals surface area contributed by atoms with Crippen molar-refractivity contribution in [3.8, 4) is 5.75 Å². The fourth-order valence-electron chi connectivity index (χ4n) is 6.42. The zero-order valence-electron chi connectivity index (χ0n) is 19.2. The molecule has 2 saturated carbocycles. The lowest BCUT2D eigenvalue weighted by molar-refractivity contribution is -0.133.